The second kappa shape index (κ2) is 11.3. The molecule has 3 heterocycles. The number of halogens is 1. The lowest BCUT2D eigenvalue weighted by Crippen LogP contribution is -2.36. The van der Waals surface area contributed by atoms with Crippen LogP contribution in [0.25, 0.3) is 11.0 Å². The molecule has 0 unspecified atom stereocenters. The summed E-state index contributed by atoms with van der Waals surface area (Å²) in [7, 11) is 0. The first-order valence-corrected chi connectivity index (χ1v) is 12.1. The summed E-state index contributed by atoms with van der Waals surface area (Å²) >= 11 is 0. The minimum Gasteiger partial charge on any atom is -0.337 e. The zero-order valence-electron chi connectivity index (χ0n) is 19.6. The lowest BCUT2D eigenvalue weighted by atomic mass is 9.89. The molecule has 0 aliphatic carbocycles. The molecule has 1 aromatic heterocycles. The Balaban J connectivity index is 0.000000161. The van der Waals surface area contributed by atoms with Crippen LogP contribution >= 0.6 is 0 Å². The average Bonchev–Trinajstić information content (AvgIpc) is 3.44. The zero-order chi connectivity index (χ0) is 23.9. The minimum atomic E-state index is -0.289. The fourth-order valence-corrected chi connectivity index (χ4v) is 4.50. The molecule has 0 spiro atoms. The maximum atomic E-state index is 12.8. The Bertz CT molecular complexity index is 1120. The molecular weight excluding hydrogens is 431 g/mol. The Morgan fingerprint density at radius 1 is 0.941 bits per heavy atom. The number of hydrogen-bond donors (Lipinski definition) is 0. The molecule has 0 N–H and O–H groups in total. The van der Waals surface area contributed by atoms with E-state index in [1.54, 1.807) is 18.3 Å². The first-order chi connectivity index (χ1) is 16.5. The normalized spacial score (nSPS) is 16.8. The van der Waals surface area contributed by atoms with Gasteiger partial charge in [0.05, 0.1) is 17.2 Å². The summed E-state index contributed by atoms with van der Waals surface area (Å²) in [6.07, 6.45) is 5.59. The molecule has 6 nitrogen and oxygen atoms in total. The van der Waals surface area contributed by atoms with E-state index in [1.165, 1.54) is 12.1 Å². The molecule has 2 saturated heterocycles. The van der Waals surface area contributed by atoms with Crippen LogP contribution < -0.4 is 0 Å². The second-order valence-corrected chi connectivity index (χ2v) is 8.82. The molecule has 0 radical (unpaired) electrons. The summed E-state index contributed by atoms with van der Waals surface area (Å²) in [5, 5.41) is 0. The number of para-hydroxylation sites is 2. The maximum Gasteiger partial charge on any atom is 0.274 e. The first kappa shape index (κ1) is 24.0. The molecule has 0 atom stereocenters. The number of likely N-dealkylation sites (tertiary alicyclic amines) is 2. The average molecular weight is 463 g/mol. The van der Waals surface area contributed by atoms with E-state index in [-0.39, 0.29) is 23.4 Å². The van der Waals surface area contributed by atoms with E-state index in [4.69, 9.17) is 0 Å². The van der Waals surface area contributed by atoms with Gasteiger partial charge < -0.3 is 9.80 Å². The fourth-order valence-electron chi connectivity index (χ4n) is 4.50. The van der Waals surface area contributed by atoms with Crippen LogP contribution in [0.1, 0.15) is 53.5 Å². The largest absolute Gasteiger partial charge is 0.337 e. The molecule has 3 aromatic rings. The van der Waals surface area contributed by atoms with Crippen molar-refractivity contribution >= 4 is 22.7 Å². The highest BCUT2D eigenvalue weighted by molar-refractivity contribution is 5.97. The van der Waals surface area contributed by atoms with E-state index < -0.39 is 0 Å². The van der Waals surface area contributed by atoms with Crippen molar-refractivity contribution in [2.45, 2.75) is 32.6 Å². The molecule has 2 aliphatic rings. The van der Waals surface area contributed by atoms with Gasteiger partial charge in [0.25, 0.3) is 5.91 Å². The van der Waals surface area contributed by atoms with Crippen molar-refractivity contribution in [3.63, 3.8) is 0 Å². The molecule has 5 rings (SSSR count). The Labute approximate surface area is 199 Å². The van der Waals surface area contributed by atoms with Crippen LogP contribution in [-0.2, 0) is 0 Å². The molecule has 2 aliphatic heterocycles. The van der Waals surface area contributed by atoms with Crippen molar-refractivity contribution in [3.8, 4) is 0 Å². The van der Waals surface area contributed by atoms with Crippen LogP contribution in [0.15, 0.2) is 54.7 Å². The Morgan fingerprint density at radius 3 is 2.24 bits per heavy atom. The number of carbonyl (C=O) groups excluding carboxylic acids is 2. The molecule has 34 heavy (non-hydrogen) atoms. The number of hydrogen-bond acceptors (Lipinski definition) is 5. The van der Waals surface area contributed by atoms with E-state index in [0.717, 1.165) is 69.4 Å². The Morgan fingerprint density at radius 2 is 1.59 bits per heavy atom. The van der Waals surface area contributed by atoms with Crippen molar-refractivity contribution in [1.82, 2.24) is 19.8 Å². The summed E-state index contributed by atoms with van der Waals surface area (Å²) in [6, 6.07) is 13.5. The number of ketones is 1. The van der Waals surface area contributed by atoms with Crippen LogP contribution in [0.5, 0.6) is 0 Å². The van der Waals surface area contributed by atoms with Gasteiger partial charge in [0, 0.05) is 24.6 Å². The van der Waals surface area contributed by atoms with E-state index in [1.807, 2.05) is 29.2 Å². The maximum absolute atomic E-state index is 12.8. The number of benzene rings is 2. The third-order valence-electron chi connectivity index (χ3n) is 6.60. The van der Waals surface area contributed by atoms with Crippen LogP contribution in [0.3, 0.4) is 0 Å². The number of fused-ring (bicyclic) bond motifs is 1. The van der Waals surface area contributed by atoms with Crippen LogP contribution in [-0.4, -0.2) is 64.2 Å². The van der Waals surface area contributed by atoms with Crippen molar-refractivity contribution < 1.29 is 14.0 Å². The smallest absolute Gasteiger partial charge is 0.274 e. The third-order valence-corrected chi connectivity index (χ3v) is 6.60. The lowest BCUT2D eigenvalue weighted by molar-refractivity contribution is 0.0786. The third kappa shape index (κ3) is 5.83. The molecule has 0 saturated carbocycles. The van der Waals surface area contributed by atoms with E-state index in [0.29, 0.717) is 11.3 Å². The van der Waals surface area contributed by atoms with Gasteiger partial charge in [-0.3, -0.25) is 14.6 Å². The van der Waals surface area contributed by atoms with Crippen molar-refractivity contribution in [3.05, 3.63) is 71.8 Å². The summed E-state index contributed by atoms with van der Waals surface area (Å²) in [6.45, 7) is 6.86. The number of carbonyl (C=O) groups is 2. The zero-order valence-corrected chi connectivity index (χ0v) is 19.6. The van der Waals surface area contributed by atoms with Crippen molar-refractivity contribution in [2.24, 2.45) is 5.92 Å². The Hall–Kier alpha value is -3.19. The standard InChI is InChI=1S/C14H18FNO.C13H13N3O/c1-2-16-9-7-12(8-10-16)14(17)11-3-5-13(15)6-4-11;17-13(16-7-3-4-8-16)12-9-14-10-5-1-2-6-11(10)15-12/h3-6,12H,2,7-10H2,1H3;1-2,5-6,9H,3-4,7-8H2. The van der Waals surface area contributed by atoms with Crippen LogP contribution in [0.2, 0.25) is 0 Å². The van der Waals surface area contributed by atoms with Crippen LogP contribution in [0.4, 0.5) is 4.39 Å². The number of nitrogens with zero attached hydrogens (tertiary/aromatic N) is 4. The number of rotatable bonds is 4. The molecule has 2 fully saturated rings. The van der Waals surface area contributed by atoms with Gasteiger partial charge in [-0.25, -0.2) is 9.37 Å². The van der Waals surface area contributed by atoms with Gasteiger partial charge in [-0.15, -0.1) is 0 Å². The molecule has 1 amide bonds. The topological polar surface area (TPSA) is 66.4 Å². The number of aromatic nitrogens is 2. The van der Waals surface area contributed by atoms with E-state index in [9.17, 15) is 14.0 Å². The van der Waals surface area contributed by atoms with Crippen LogP contribution in [0, 0.1) is 11.7 Å². The fraction of sp³-hybridized carbons (Fsp3) is 0.407. The van der Waals surface area contributed by atoms with Crippen molar-refractivity contribution in [2.75, 3.05) is 32.7 Å². The van der Waals surface area contributed by atoms with E-state index >= 15 is 0 Å². The number of amides is 1. The lowest BCUT2D eigenvalue weighted by Gasteiger charge is -2.30. The second-order valence-electron chi connectivity index (χ2n) is 8.82. The first-order valence-electron chi connectivity index (χ1n) is 12.1. The quantitative estimate of drug-likeness (QED) is 0.530. The van der Waals surface area contributed by atoms with Gasteiger partial charge in [-0.1, -0.05) is 19.1 Å². The molecule has 2 aromatic carbocycles. The monoisotopic (exact) mass is 462 g/mol. The summed E-state index contributed by atoms with van der Waals surface area (Å²) in [4.78, 5) is 37.1. The van der Waals surface area contributed by atoms with Gasteiger partial charge in [-0.2, -0.15) is 0 Å². The van der Waals surface area contributed by atoms with Gasteiger partial charge in [0.15, 0.2) is 5.78 Å². The predicted molar refractivity (Wildman–Crippen MR) is 130 cm³/mol. The summed E-state index contributed by atoms with van der Waals surface area (Å²) in [5.74, 6) is -0.00730. The van der Waals surface area contributed by atoms with Gasteiger partial charge in [0.1, 0.15) is 11.5 Å². The number of piperidine rings is 1. The molecule has 0 bridgehead atoms. The SMILES string of the molecule is CCN1CCC(C(=O)c2ccc(F)cc2)CC1.O=C(c1cnc2ccccc2n1)N1CCCC1. The molecular formula is C27H31FN4O2. The summed E-state index contributed by atoms with van der Waals surface area (Å²) in [5.41, 5.74) is 2.69. The molecule has 7 heteroatoms. The van der Waals surface area contributed by atoms with Gasteiger partial charge in [0.2, 0.25) is 0 Å². The highest BCUT2D eigenvalue weighted by Gasteiger charge is 2.25. The molecule has 178 valence electrons. The highest BCUT2D eigenvalue weighted by Crippen LogP contribution is 2.21. The van der Waals surface area contributed by atoms with E-state index in [2.05, 4.69) is 21.8 Å². The van der Waals surface area contributed by atoms with Gasteiger partial charge in [-0.05, 0) is 81.7 Å². The highest BCUT2D eigenvalue weighted by atomic mass is 19.1. The summed E-state index contributed by atoms with van der Waals surface area (Å²) < 4.78 is 12.8. The predicted octanol–water partition coefficient (Wildman–Crippen LogP) is 4.61. The van der Waals surface area contributed by atoms with Crippen molar-refractivity contribution in [1.29, 1.82) is 0 Å². The Kier molecular flexibility index (Phi) is 7.95. The minimum absolute atomic E-state index is 0.000697. The number of Topliss-reactive ketones (excluding diaryl/α,β-unsaturated/α-hetero) is 1. The van der Waals surface area contributed by atoms with Gasteiger partial charge >= 0.3 is 0 Å².